The number of likely N-dealkylation sites (N-methyl/N-ethyl adjacent to an activating group) is 4. The van der Waals surface area contributed by atoms with Crippen molar-refractivity contribution >= 4 is 156 Å². The average Bonchev–Trinajstić information content (AvgIpc) is 0.886. The van der Waals surface area contributed by atoms with Gasteiger partial charge in [0.1, 0.15) is 5.52 Å². The van der Waals surface area contributed by atoms with Crippen LogP contribution in [0.1, 0.15) is 37.4 Å². The van der Waals surface area contributed by atoms with Gasteiger partial charge in [-0.3, -0.25) is 28.8 Å². The number of rotatable bonds is 23. The van der Waals surface area contributed by atoms with Crippen LogP contribution in [0.3, 0.4) is 0 Å². The molecule has 5 aliphatic rings. The van der Waals surface area contributed by atoms with E-state index in [1.807, 2.05) is 103 Å². The zero-order chi connectivity index (χ0) is 97.6. The first-order valence-electron chi connectivity index (χ1n) is 40.9. The van der Waals surface area contributed by atoms with E-state index in [1.54, 1.807) is 125 Å². The quantitative estimate of drug-likeness (QED) is 0.0232. The van der Waals surface area contributed by atoms with E-state index in [2.05, 4.69) is 93.1 Å². The van der Waals surface area contributed by atoms with E-state index >= 15 is 0 Å². The average molecular weight is 2150 g/mol. The summed E-state index contributed by atoms with van der Waals surface area (Å²) in [5, 5.41) is 35.6. The molecule has 0 bridgehead atoms. The van der Waals surface area contributed by atoms with Crippen LogP contribution < -0.4 is 103 Å². The Morgan fingerprint density at radius 3 is 1.41 bits per heavy atom. The Bertz CT molecular complexity index is 6700. The van der Waals surface area contributed by atoms with Crippen LogP contribution in [0.25, 0.3) is 71.1 Å². The molecule has 0 atom stereocenters. The molecule has 8 aromatic carbocycles. The van der Waals surface area contributed by atoms with Crippen LogP contribution in [0, 0.1) is 20.4 Å². The Morgan fingerprint density at radius 1 is 0.504 bits per heavy atom. The number of nitrogens with one attached hydrogen (secondary N) is 2. The van der Waals surface area contributed by atoms with Crippen molar-refractivity contribution in [2.75, 3.05) is 184 Å². The summed E-state index contributed by atoms with van der Waals surface area (Å²) in [6.45, 7) is 16.5. The Morgan fingerprint density at radius 2 is 0.926 bits per heavy atom. The number of hydrogen-bond acceptors (Lipinski definition) is 35. The SMILES string of the molecule is CN(C)CCN.COc1cc(C)c(C(=O)Cl)cc1OC.COc1cc(C)c(C(=O)N(CCN(C)C)c2cnnc3cc4c(cc23)OCO4)cc1OC.COc1cc2c(=O)n(CCN(C)C)c3c4cc5c(cc4nnc3c2cc1OC)OCO5.Clc1cnnc2cc3c(cc12)OCO3.O=P(Cl)(Cl)Cl.O=c1cn[nH]c2cc3c(cc12)OCO3.[CH-]=C(NCCN(C)C)c1cc2c(cc1[N]=[W])OCO2. The van der Waals surface area contributed by atoms with Crippen LogP contribution >= 0.6 is 62.1 Å². The van der Waals surface area contributed by atoms with Gasteiger partial charge in [-0.25, -0.2) is 0 Å². The summed E-state index contributed by atoms with van der Waals surface area (Å²) in [4.78, 5) is 59.8. The Kier molecular flexibility index (Phi) is 36.6. The number of aromatic amines is 1. The molecule has 135 heavy (non-hydrogen) atoms. The second kappa shape index (κ2) is 47.8. The summed E-state index contributed by atoms with van der Waals surface area (Å²) < 4.78 is 101. The molecular weight excluding hydrogens is 2050 g/mol. The zero-order valence-corrected chi connectivity index (χ0v) is 84.0. The number of nitrogens with zero attached hydrogens (tertiary/aromatic N) is 14. The van der Waals surface area contributed by atoms with Gasteiger partial charge in [0.2, 0.25) is 32.6 Å². The zero-order valence-electron chi connectivity index (χ0n) is 76.4. The van der Waals surface area contributed by atoms with Crippen molar-refractivity contribution < 1.29 is 110 Å². The van der Waals surface area contributed by atoms with Gasteiger partial charge in [0.25, 0.3) is 16.7 Å². The number of carbonyl (C=O) groups is 2. The Labute approximate surface area is 811 Å². The fraction of sp³-hybridized carbons (Fsp3) is 0.322. The van der Waals surface area contributed by atoms with Gasteiger partial charge in [0.05, 0.1) is 110 Å². The number of nitrogens with two attached hydrogens (primary N) is 1. The molecule has 5 aliphatic heterocycles. The van der Waals surface area contributed by atoms with Gasteiger partial charge >= 0.3 is 129 Å². The predicted molar refractivity (Wildman–Crippen MR) is 512 cm³/mol. The number of benzene rings is 8. The molecule has 0 radical (unpaired) electrons. The van der Waals surface area contributed by atoms with Crippen LogP contribution in [0.5, 0.6) is 92.0 Å². The standard InChI is InChI=1S/C23H26N4O5.C22H22N4O5.C13H16N3O2.C10H11ClO3.C9H5ClN2O2.C9H6N2O3.C4H12N2.Cl3OP.W/c1-14-8-19(29-4)20(30-5)9-15(14)23(28)27(7-6-26(2)3)18-12-24-25-17-11-22-21(10-16(17)18)31-13-32-22;1-25(2)5-6-26-21-14-9-18-19(31-11-30-18)10-15(14)23-24-20(21)12-7-16(28-3)17(29-4)8-13(12)22(26)27;1-9(15-4-5-16(2)3)10-6-12-13(7-11(10)14)18-8-17-12;1-6-4-8(13-2)9(14-3)5-7(6)10(11)12;10-6-3-11-12-7-2-9-8(1-5(6)7)13-4-14-9;12-7-3-10-11-6-2-9-8(1-5(6)7)13-4-14-9;1-6(2)4-3-5;1-5(2,3)4;/h8-12H,6-7,13H2,1-5H3;7-10H,5-6,11H2,1-4H3;1,6-7,15H,4-5,8H2,2-3H3;4-5H,1-3H3;1-3H,4H2;1-3H,4H2,(H,11,12);3-5H2,1-2H3;;/q;;-1;;;;;;. The Balaban J connectivity index is 0.000000157. The van der Waals surface area contributed by atoms with Gasteiger partial charge in [-0.2, -0.15) is 25.5 Å². The maximum atomic E-state index is 13.8. The van der Waals surface area contributed by atoms with E-state index in [0.29, 0.717) is 183 Å². The third-order valence-corrected chi connectivity index (χ3v) is 21.6. The number of H-pyrrole nitrogens is 1. The summed E-state index contributed by atoms with van der Waals surface area (Å²) in [5.41, 5.74) is 14.3. The second-order valence-corrected chi connectivity index (χ2v) is 38.6. The number of amides is 1. The number of aromatic nitrogens is 9. The molecule has 5 aromatic heterocycles. The number of methoxy groups -OCH3 is 6. The molecule has 716 valence electrons. The van der Waals surface area contributed by atoms with Gasteiger partial charge in [0.15, 0.2) is 80.5 Å². The fourth-order valence-electron chi connectivity index (χ4n) is 13.7. The van der Waals surface area contributed by atoms with Crippen molar-refractivity contribution in [2.24, 2.45) is 9.23 Å². The monoisotopic (exact) mass is 2140 g/mol. The van der Waals surface area contributed by atoms with E-state index < -0.39 is 10.4 Å². The van der Waals surface area contributed by atoms with Crippen LogP contribution in [-0.2, 0) is 30.7 Å². The molecule has 0 saturated heterocycles. The van der Waals surface area contributed by atoms with Crippen molar-refractivity contribution in [1.82, 2.24) is 70.3 Å². The first kappa shape index (κ1) is 103. The first-order valence-corrected chi connectivity index (χ1v) is 47.4. The molecule has 13 aromatic rings. The van der Waals surface area contributed by atoms with Crippen LogP contribution in [0.4, 0.5) is 11.4 Å². The van der Waals surface area contributed by atoms with Gasteiger partial charge in [-0.15, -0.1) is 10.2 Å². The van der Waals surface area contributed by atoms with Crippen molar-refractivity contribution in [3.8, 4) is 92.0 Å². The van der Waals surface area contributed by atoms with E-state index in [9.17, 15) is 23.7 Å². The first-order chi connectivity index (χ1) is 64.6. The van der Waals surface area contributed by atoms with Gasteiger partial charge < -0.3 is 96.2 Å². The van der Waals surface area contributed by atoms with Crippen molar-refractivity contribution in [3.05, 3.63) is 176 Å². The van der Waals surface area contributed by atoms with Crippen LogP contribution in [0.15, 0.2) is 129 Å². The van der Waals surface area contributed by atoms with Crippen LogP contribution in [0.2, 0.25) is 5.02 Å². The number of ether oxygens (including phenoxy) is 16. The molecule has 0 spiro atoms. The van der Waals surface area contributed by atoms with E-state index in [-0.39, 0.29) is 50.9 Å². The number of aryl methyl sites for hydroxylation is 2. The summed E-state index contributed by atoms with van der Waals surface area (Å²) in [6.07, 6.45) is 4.35. The van der Waals surface area contributed by atoms with Crippen LogP contribution in [-0.4, -0.2) is 255 Å². The van der Waals surface area contributed by atoms with E-state index in [1.165, 1.54) is 19.5 Å². The minimum atomic E-state index is -3.22. The molecule has 0 saturated carbocycles. The summed E-state index contributed by atoms with van der Waals surface area (Å²) in [6, 6.07) is 28.3. The van der Waals surface area contributed by atoms with Gasteiger partial charge in [-0.05, 0) is 173 Å². The van der Waals surface area contributed by atoms with Crippen molar-refractivity contribution in [2.45, 2.75) is 20.4 Å². The number of anilines is 1. The van der Waals surface area contributed by atoms with E-state index in [0.717, 1.165) is 95.8 Å². The minimum absolute atomic E-state index is 0.128. The molecule has 1 amide bonds. The molecule has 0 fully saturated rings. The number of fused-ring (bicyclic) bond motifs is 13. The molecule has 18 rings (SSSR count). The Hall–Kier alpha value is -12.2. The summed E-state index contributed by atoms with van der Waals surface area (Å²) in [5.74, 6) is 9.57. The molecule has 0 aliphatic carbocycles. The normalized spacial score (nSPS) is 12.3. The van der Waals surface area contributed by atoms with Crippen molar-refractivity contribution in [1.29, 1.82) is 0 Å². The predicted octanol–water partition coefficient (Wildman–Crippen LogP) is 14.4. The number of pyridine rings is 1. The van der Waals surface area contributed by atoms with Crippen molar-refractivity contribution in [3.63, 3.8) is 0 Å². The molecule has 45 heteroatoms. The summed E-state index contributed by atoms with van der Waals surface area (Å²) >= 11 is 26.3. The number of carbonyl (C=O) groups excluding carboxylic acids is 2. The number of hydrogen-bond donors (Lipinski definition) is 3. The molecule has 10 heterocycles. The molecule has 4 N–H and O–H groups in total. The summed E-state index contributed by atoms with van der Waals surface area (Å²) in [7, 11) is 25.2. The second-order valence-electron chi connectivity index (χ2n) is 30.5. The molecular formula is C90H98Cl5N17O21PW-. The number of halogens is 5. The van der Waals surface area contributed by atoms with Gasteiger partial charge in [-0.1, -0.05) is 11.6 Å². The molecule has 38 nitrogen and oxygen atoms in total. The third kappa shape index (κ3) is 26.3. The van der Waals surface area contributed by atoms with Gasteiger partial charge in [0, 0.05) is 96.2 Å². The topological polar surface area (TPSA) is 411 Å². The molecule has 0 unspecified atom stereocenters. The fourth-order valence-corrected chi connectivity index (χ4v) is 14.6. The third-order valence-electron chi connectivity index (χ3n) is 20.4. The maximum absolute atomic E-state index is 13.8. The van der Waals surface area contributed by atoms with E-state index in [4.69, 9.17) is 111 Å².